The van der Waals surface area contributed by atoms with Crippen LogP contribution in [0.25, 0.3) is 0 Å². The average Bonchev–Trinajstić information content (AvgIpc) is 2.78. The molecule has 6 atom stereocenters. The molecule has 130 valence electrons. The summed E-state index contributed by atoms with van der Waals surface area (Å²) in [6.45, 7) is 8.97. The van der Waals surface area contributed by atoms with Crippen molar-refractivity contribution < 1.29 is 9.47 Å². The SMILES string of the molecule is CC[C@H](Br)[C@H]1C[C@H](Br)[C@@H]2C[C@H](O1)[C@H](C/C=C\C#C[Si](C)(C)C)O2. The molecule has 0 aliphatic carbocycles. The normalized spacial score (nSPS) is 35.7. The molecule has 2 rings (SSSR count). The lowest BCUT2D eigenvalue weighted by Gasteiger charge is -2.30. The van der Waals surface area contributed by atoms with Crippen molar-refractivity contribution in [2.24, 2.45) is 0 Å². The molecular formula is C18H28Br2O2Si. The van der Waals surface area contributed by atoms with Crippen LogP contribution in [0.2, 0.25) is 19.6 Å². The molecule has 0 spiro atoms. The van der Waals surface area contributed by atoms with E-state index in [0.29, 0.717) is 9.65 Å². The highest BCUT2D eigenvalue weighted by atomic mass is 79.9. The minimum atomic E-state index is -1.28. The van der Waals surface area contributed by atoms with Crippen LogP contribution in [0.1, 0.15) is 32.6 Å². The maximum atomic E-state index is 6.38. The first-order valence-electron chi connectivity index (χ1n) is 8.57. The van der Waals surface area contributed by atoms with E-state index >= 15 is 0 Å². The molecule has 0 N–H and O–H groups in total. The van der Waals surface area contributed by atoms with E-state index < -0.39 is 8.07 Å². The molecule has 2 fully saturated rings. The number of allylic oxidation sites excluding steroid dienone is 1. The first-order chi connectivity index (χ1) is 10.8. The molecule has 2 saturated heterocycles. The lowest BCUT2D eigenvalue weighted by molar-refractivity contribution is -0.0732. The largest absolute Gasteiger partial charge is 0.371 e. The molecule has 0 amide bonds. The number of alkyl halides is 2. The van der Waals surface area contributed by atoms with Crippen LogP contribution in [0, 0.1) is 11.5 Å². The van der Waals surface area contributed by atoms with E-state index in [1.54, 1.807) is 0 Å². The van der Waals surface area contributed by atoms with Crippen molar-refractivity contribution in [2.75, 3.05) is 0 Å². The van der Waals surface area contributed by atoms with Crippen molar-refractivity contribution in [3.05, 3.63) is 12.2 Å². The first-order valence-corrected chi connectivity index (χ1v) is 13.9. The van der Waals surface area contributed by atoms with Crippen LogP contribution < -0.4 is 0 Å². The monoisotopic (exact) mass is 462 g/mol. The molecule has 0 aromatic carbocycles. The maximum Gasteiger partial charge on any atom is 0.129 e. The highest BCUT2D eigenvalue weighted by molar-refractivity contribution is 9.09. The van der Waals surface area contributed by atoms with Crippen molar-refractivity contribution >= 4 is 39.9 Å². The lowest BCUT2D eigenvalue weighted by Crippen LogP contribution is -2.36. The molecule has 2 aliphatic rings. The number of hydrogen-bond acceptors (Lipinski definition) is 2. The van der Waals surface area contributed by atoms with Crippen LogP contribution in [-0.4, -0.2) is 42.1 Å². The Balaban J connectivity index is 1.94. The highest BCUT2D eigenvalue weighted by Gasteiger charge is 2.44. The van der Waals surface area contributed by atoms with Gasteiger partial charge in [0.25, 0.3) is 0 Å². The molecule has 2 aliphatic heterocycles. The van der Waals surface area contributed by atoms with Crippen molar-refractivity contribution in [1.82, 2.24) is 0 Å². The summed E-state index contributed by atoms with van der Waals surface area (Å²) >= 11 is 7.58. The van der Waals surface area contributed by atoms with Crippen molar-refractivity contribution in [3.63, 3.8) is 0 Å². The molecule has 0 aromatic rings. The van der Waals surface area contributed by atoms with Gasteiger partial charge in [-0.25, -0.2) is 0 Å². The second kappa shape index (κ2) is 8.67. The number of hydrogen-bond donors (Lipinski definition) is 0. The van der Waals surface area contributed by atoms with Crippen LogP contribution in [0.15, 0.2) is 12.2 Å². The van der Waals surface area contributed by atoms with Gasteiger partial charge < -0.3 is 9.47 Å². The van der Waals surface area contributed by atoms with Crippen LogP contribution in [-0.2, 0) is 9.47 Å². The van der Waals surface area contributed by atoms with Gasteiger partial charge in [0.2, 0.25) is 0 Å². The van der Waals surface area contributed by atoms with E-state index in [-0.39, 0.29) is 24.4 Å². The minimum absolute atomic E-state index is 0.157. The summed E-state index contributed by atoms with van der Waals surface area (Å²) in [5.41, 5.74) is 3.36. The summed E-state index contributed by atoms with van der Waals surface area (Å²) in [5.74, 6) is 3.18. The Morgan fingerprint density at radius 1 is 1.22 bits per heavy atom. The van der Waals surface area contributed by atoms with E-state index in [4.69, 9.17) is 9.47 Å². The molecule has 0 aromatic heterocycles. The molecule has 0 radical (unpaired) electrons. The van der Waals surface area contributed by atoms with E-state index in [0.717, 1.165) is 25.7 Å². The molecule has 5 heteroatoms. The number of rotatable bonds is 4. The van der Waals surface area contributed by atoms with Gasteiger partial charge in [-0.05, 0) is 25.3 Å². The van der Waals surface area contributed by atoms with Gasteiger partial charge in [-0.15, -0.1) is 5.54 Å². The van der Waals surface area contributed by atoms with Crippen LogP contribution in [0.4, 0.5) is 0 Å². The zero-order valence-electron chi connectivity index (χ0n) is 14.5. The van der Waals surface area contributed by atoms with Crippen molar-refractivity contribution in [3.8, 4) is 11.5 Å². The Bertz CT molecular complexity index is 478. The van der Waals surface area contributed by atoms with Gasteiger partial charge in [0, 0.05) is 16.1 Å². The average molecular weight is 464 g/mol. The van der Waals surface area contributed by atoms with E-state index in [1.807, 2.05) is 6.08 Å². The smallest absolute Gasteiger partial charge is 0.129 e. The maximum absolute atomic E-state index is 6.38. The van der Waals surface area contributed by atoms with Gasteiger partial charge >= 0.3 is 0 Å². The molecule has 2 bridgehead atoms. The van der Waals surface area contributed by atoms with Gasteiger partial charge in [0.15, 0.2) is 0 Å². The predicted octanol–water partition coefficient (Wildman–Crippen LogP) is 5.07. The summed E-state index contributed by atoms with van der Waals surface area (Å²) in [4.78, 5) is 0.797. The van der Waals surface area contributed by atoms with E-state index in [9.17, 15) is 0 Å². The number of ether oxygens (including phenoxy) is 2. The molecule has 0 unspecified atom stereocenters. The summed E-state index contributed by atoms with van der Waals surface area (Å²) in [5, 5.41) is 0. The molecule has 0 saturated carbocycles. The number of halogens is 2. The fraction of sp³-hybridized carbons (Fsp3) is 0.778. The van der Waals surface area contributed by atoms with Gasteiger partial charge in [-0.1, -0.05) is 70.4 Å². The summed E-state index contributed by atoms with van der Waals surface area (Å²) < 4.78 is 12.6. The van der Waals surface area contributed by atoms with E-state index in [2.05, 4.69) is 76.0 Å². The van der Waals surface area contributed by atoms with Gasteiger partial charge in [-0.3, -0.25) is 0 Å². The third kappa shape index (κ3) is 6.00. The summed E-state index contributed by atoms with van der Waals surface area (Å²) in [6, 6.07) is 0. The second-order valence-electron chi connectivity index (χ2n) is 7.50. The Morgan fingerprint density at radius 2 is 1.96 bits per heavy atom. The zero-order chi connectivity index (χ0) is 17.0. The van der Waals surface area contributed by atoms with Gasteiger partial charge in [0.1, 0.15) is 8.07 Å². The van der Waals surface area contributed by atoms with Crippen LogP contribution in [0.5, 0.6) is 0 Å². The molecule has 2 nitrogen and oxygen atoms in total. The fourth-order valence-electron chi connectivity index (χ4n) is 3.00. The number of fused-ring (bicyclic) bond motifs is 2. The zero-order valence-corrected chi connectivity index (χ0v) is 18.7. The van der Waals surface area contributed by atoms with Gasteiger partial charge in [-0.2, -0.15) is 0 Å². The predicted molar refractivity (Wildman–Crippen MR) is 107 cm³/mol. The second-order valence-corrected chi connectivity index (χ2v) is 14.6. The van der Waals surface area contributed by atoms with Crippen LogP contribution in [0.3, 0.4) is 0 Å². The van der Waals surface area contributed by atoms with Crippen molar-refractivity contribution in [1.29, 1.82) is 0 Å². The first kappa shape index (κ1) is 19.7. The topological polar surface area (TPSA) is 18.5 Å². The summed E-state index contributed by atoms with van der Waals surface area (Å²) in [7, 11) is -1.28. The lowest BCUT2D eigenvalue weighted by atomic mass is 10.1. The van der Waals surface area contributed by atoms with Gasteiger partial charge in [0.05, 0.1) is 24.4 Å². The standard InChI is InChI=1S/C18H28Br2O2Si/c1-5-13(19)16-11-14(20)17-12-18(22-16)15(21-17)9-7-6-8-10-23(2,3)4/h6-7,13-18H,5,9,11-12H2,1-4H3/b7-6-/t13-,14-,15-,16+,17-,18-/m0/s1. The quantitative estimate of drug-likeness (QED) is 0.329. The van der Waals surface area contributed by atoms with E-state index in [1.165, 1.54) is 0 Å². The molecule has 23 heavy (non-hydrogen) atoms. The Hall–Kier alpha value is 0.397. The molecule has 2 heterocycles. The Morgan fingerprint density at radius 3 is 2.61 bits per heavy atom. The Labute approximate surface area is 159 Å². The van der Waals surface area contributed by atoms with Crippen LogP contribution >= 0.6 is 31.9 Å². The highest BCUT2D eigenvalue weighted by Crippen LogP contribution is 2.38. The Kier molecular flexibility index (Phi) is 7.43. The van der Waals surface area contributed by atoms with Crippen molar-refractivity contribution in [2.45, 2.75) is 86.3 Å². The summed E-state index contributed by atoms with van der Waals surface area (Å²) in [6.07, 6.45) is 8.99. The minimum Gasteiger partial charge on any atom is -0.371 e. The third-order valence-electron chi connectivity index (χ3n) is 4.25. The fourth-order valence-corrected chi connectivity index (χ4v) is 4.57. The molecular weight excluding hydrogens is 436 g/mol. The third-order valence-corrected chi connectivity index (χ3v) is 7.34.